The zero-order valence-electron chi connectivity index (χ0n) is 13.6. The second-order valence-corrected chi connectivity index (χ2v) is 5.34. The van der Waals surface area contributed by atoms with Crippen molar-refractivity contribution in [2.24, 2.45) is 5.73 Å². The highest BCUT2D eigenvalue weighted by Gasteiger charge is 2.11. The molecular weight excluding hydrogens is 336 g/mol. The van der Waals surface area contributed by atoms with E-state index in [4.69, 9.17) is 22.1 Å². The zero-order valence-corrected chi connectivity index (χ0v) is 14.3. The first kappa shape index (κ1) is 19.7. The van der Waals surface area contributed by atoms with Crippen LogP contribution in [-0.4, -0.2) is 44.5 Å². The molecule has 0 spiro atoms. The van der Waals surface area contributed by atoms with Crippen molar-refractivity contribution in [3.63, 3.8) is 0 Å². The van der Waals surface area contributed by atoms with E-state index < -0.39 is 11.8 Å². The molecule has 24 heavy (non-hydrogen) atoms. The molecule has 5 N–H and O–H groups in total. The lowest BCUT2D eigenvalue weighted by Gasteiger charge is -2.12. The summed E-state index contributed by atoms with van der Waals surface area (Å²) in [5.41, 5.74) is 6.41. The fourth-order valence-corrected chi connectivity index (χ4v) is 1.93. The summed E-state index contributed by atoms with van der Waals surface area (Å²) in [6.07, 6.45) is 0.0708. The van der Waals surface area contributed by atoms with Gasteiger partial charge in [0.15, 0.2) is 0 Å². The minimum atomic E-state index is -0.423. The molecule has 0 radical (unpaired) electrons. The molecule has 0 aliphatic rings. The summed E-state index contributed by atoms with van der Waals surface area (Å²) in [4.78, 5) is 34.3. The number of halogens is 1. The predicted octanol–water partition coefficient (Wildman–Crippen LogP) is 0.177. The second-order valence-electron chi connectivity index (χ2n) is 4.93. The van der Waals surface area contributed by atoms with Crippen LogP contribution in [-0.2, 0) is 14.4 Å². The molecule has 1 aromatic carbocycles. The van der Waals surface area contributed by atoms with Crippen LogP contribution in [0, 0.1) is 6.92 Å². The lowest BCUT2D eigenvalue weighted by molar-refractivity contribution is -0.125. The maximum Gasteiger partial charge on any atom is 0.239 e. The van der Waals surface area contributed by atoms with Gasteiger partial charge in [-0.15, -0.1) is 0 Å². The topological polar surface area (TPSA) is 123 Å². The number of carbonyl (C=O) groups excluding carboxylic acids is 3. The van der Waals surface area contributed by atoms with Gasteiger partial charge in [0.25, 0.3) is 0 Å². The quantitative estimate of drug-likeness (QED) is 0.529. The Kier molecular flexibility index (Phi) is 8.00. The molecule has 0 aliphatic heterocycles. The van der Waals surface area contributed by atoms with Crippen LogP contribution in [0.15, 0.2) is 12.1 Å². The Hall–Kier alpha value is -2.32. The monoisotopic (exact) mass is 356 g/mol. The smallest absolute Gasteiger partial charge is 0.239 e. The lowest BCUT2D eigenvalue weighted by Crippen LogP contribution is -2.40. The summed E-state index contributed by atoms with van der Waals surface area (Å²) in [7, 11) is 1.48. The molecule has 0 bridgehead atoms. The number of nitrogens with two attached hydrogens (primary N) is 1. The van der Waals surface area contributed by atoms with Crippen molar-refractivity contribution in [2.45, 2.75) is 13.3 Å². The first-order valence-electron chi connectivity index (χ1n) is 7.24. The van der Waals surface area contributed by atoms with Gasteiger partial charge in [-0.2, -0.15) is 0 Å². The number of carbonyl (C=O) groups is 3. The highest BCUT2D eigenvalue weighted by Crippen LogP contribution is 2.30. The number of hydrogen-bond donors (Lipinski definition) is 4. The number of amides is 3. The third-order valence-electron chi connectivity index (χ3n) is 3.06. The summed E-state index contributed by atoms with van der Waals surface area (Å²) in [5, 5.41) is 8.09. The Labute approximate surface area is 145 Å². The minimum absolute atomic E-state index is 0.0708. The summed E-state index contributed by atoms with van der Waals surface area (Å²) < 4.78 is 5.17. The molecule has 1 rings (SSSR count). The Morgan fingerprint density at radius 2 is 1.88 bits per heavy atom. The van der Waals surface area contributed by atoms with Gasteiger partial charge in [0.05, 0.1) is 25.9 Å². The van der Waals surface area contributed by atoms with Crippen LogP contribution in [0.1, 0.15) is 12.0 Å². The van der Waals surface area contributed by atoms with Gasteiger partial charge in [-0.25, -0.2) is 0 Å². The Morgan fingerprint density at radius 3 is 2.50 bits per heavy atom. The molecule has 0 aromatic heterocycles. The lowest BCUT2D eigenvalue weighted by atomic mass is 10.2. The Bertz CT molecular complexity index is 622. The molecule has 9 heteroatoms. The summed E-state index contributed by atoms with van der Waals surface area (Å²) in [5.74, 6) is -0.661. The van der Waals surface area contributed by atoms with Crippen molar-refractivity contribution in [2.75, 3.05) is 32.1 Å². The number of methoxy groups -OCH3 is 1. The van der Waals surface area contributed by atoms with Gasteiger partial charge in [-0.05, 0) is 18.6 Å². The molecule has 0 heterocycles. The fraction of sp³-hybridized carbons (Fsp3) is 0.400. The molecule has 0 saturated heterocycles. The average molecular weight is 357 g/mol. The van der Waals surface area contributed by atoms with E-state index in [1.54, 1.807) is 12.1 Å². The summed E-state index contributed by atoms with van der Waals surface area (Å²) in [6.45, 7) is 1.59. The zero-order chi connectivity index (χ0) is 18.1. The second kappa shape index (κ2) is 9.74. The molecule has 8 nitrogen and oxygen atoms in total. The van der Waals surface area contributed by atoms with Crippen LogP contribution < -0.4 is 26.4 Å². The largest absolute Gasteiger partial charge is 0.495 e. The molecule has 0 atom stereocenters. The highest BCUT2D eigenvalue weighted by molar-refractivity contribution is 6.31. The standard InChI is InChI=1S/C15H21ClN4O4/c1-9-5-11(12(24-2)6-10(9)16)20-13(21)3-4-18-15(23)8-19-14(22)7-17/h5-6H,3-4,7-8,17H2,1-2H3,(H,18,23)(H,19,22)(H,20,21). The number of hydrogen-bond acceptors (Lipinski definition) is 5. The average Bonchev–Trinajstić information content (AvgIpc) is 2.55. The molecule has 3 amide bonds. The van der Waals surface area contributed by atoms with Crippen molar-refractivity contribution in [1.82, 2.24) is 10.6 Å². The SMILES string of the molecule is COc1cc(Cl)c(C)cc1NC(=O)CCNC(=O)CNC(=O)CN. The van der Waals surface area contributed by atoms with Crippen molar-refractivity contribution < 1.29 is 19.1 Å². The first-order chi connectivity index (χ1) is 11.4. The summed E-state index contributed by atoms with van der Waals surface area (Å²) >= 11 is 6.00. The van der Waals surface area contributed by atoms with Crippen LogP contribution in [0.3, 0.4) is 0 Å². The van der Waals surface area contributed by atoms with Crippen molar-refractivity contribution in [1.29, 1.82) is 0 Å². The van der Waals surface area contributed by atoms with Crippen LogP contribution in [0.5, 0.6) is 5.75 Å². The van der Waals surface area contributed by atoms with E-state index in [9.17, 15) is 14.4 Å². The Morgan fingerprint density at radius 1 is 1.17 bits per heavy atom. The number of benzene rings is 1. The molecule has 0 saturated carbocycles. The van der Waals surface area contributed by atoms with E-state index >= 15 is 0 Å². The van der Waals surface area contributed by atoms with Crippen LogP contribution in [0.25, 0.3) is 0 Å². The van der Waals surface area contributed by atoms with Crippen LogP contribution >= 0.6 is 11.6 Å². The van der Waals surface area contributed by atoms with E-state index in [1.807, 2.05) is 6.92 Å². The van der Waals surface area contributed by atoms with Gasteiger partial charge in [-0.1, -0.05) is 11.6 Å². The number of nitrogens with one attached hydrogen (secondary N) is 3. The van der Waals surface area contributed by atoms with E-state index in [-0.39, 0.29) is 32.0 Å². The van der Waals surface area contributed by atoms with E-state index in [1.165, 1.54) is 7.11 Å². The van der Waals surface area contributed by atoms with Gasteiger partial charge in [-0.3, -0.25) is 14.4 Å². The van der Waals surface area contributed by atoms with E-state index in [0.29, 0.717) is 16.5 Å². The Balaban J connectivity index is 2.43. The van der Waals surface area contributed by atoms with Gasteiger partial charge >= 0.3 is 0 Å². The van der Waals surface area contributed by atoms with Crippen LogP contribution in [0.2, 0.25) is 5.02 Å². The molecular formula is C15H21ClN4O4. The van der Waals surface area contributed by atoms with Crippen LogP contribution in [0.4, 0.5) is 5.69 Å². The number of anilines is 1. The number of ether oxygens (including phenoxy) is 1. The van der Waals surface area contributed by atoms with Gasteiger partial charge < -0.3 is 26.4 Å². The predicted molar refractivity (Wildman–Crippen MR) is 91.1 cm³/mol. The molecule has 0 fully saturated rings. The highest BCUT2D eigenvalue weighted by atomic mass is 35.5. The molecule has 0 unspecified atom stereocenters. The van der Waals surface area contributed by atoms with E-state index in [0.717, 1.165) is 5.56 Å². The first-order valence-corrected chi connectivity index (χ1v) is 7.62. The maximum absolute atomic E-state index is 11.9. The third kappa shape index (κ3) is 6.43. The summed E-state index contributed by atoms with van der Waals surface area (Å²) in [6, 6.07) is 3.33. The normalized spacial score (nSPS) is 10.0. The van der Waals surface area contributed by atoms with Gasteiger partial charge in [0.2, 0.25) is 17.7 Å². The van der Waals surface area contributed by atoms with E-state index in [2.05, 4.69) is 16.0 Å². The molecule has 132 valence electrons. The molecule has 0 aliphatic carbocycles. The van der Waals surface area contributed by atoms with Crippen molar-refractivity contribution in [3.05, 3.63) is 22.7 Å². The number of aryl methyl sites for hydroxylation is 1. The third-order valence-corrected chi connectivity index (χ3v) is 3.47. The minimum Gasteiger partial charge on any atom is -0.495 e. The maximum atomic E-state index is 11.9. The van der Waals surface area contributed by atoms with Gasteiger partial charge in [0, 0.05) is 24.1 Å². The van der Waals surface area contributed by atoms with Crippen molar-refractivity contribution >= 4 is 35.0 Å². The fourth-order valence-electron chi connectivity index (χ4n) is 1.77. The van der Waals surface area contributed by atoms with Crippen molar-refractivity contribution in [3.8, 4) is 5.75 Å². The number of rotatable bonds is 8. The molecule has 1 aromatic rings. The van der Waals surface area contributed by atoms with Gasteiger partial charge in [0.1, 0.15) is 5.75 Å².